The van der Waals surface area contributed by atoms with Gasteiger partial charge in [0.25, 0.3) is 5.91 Å². The molecule has 0 aromatic heterocycles. The molecule has 5 nitrogen and oxygen atoms in total. The zero-order valence-electron chi connectivity index (χ0n) is 18.7. The Kier molecular flexibility index (Phi) is 7.91. The molecule has 1 unspecified atom stereocenters. The molecular weight excluding hydrogens is 491 g/mol. The van der Waals surface area contributed by atoms with E-state index in [1.807, 2.05) is 36.4 Å². The van der Waals surface area contributed by atoms with Gasteiger partial charge in [0.1, 0.15) is 0 Å². The first-order valence-corrected chi connectivity index (χ1v) is 12.8. The maximum absolute atomic E-state index is 12.8. The summed E-state index contributed by atoms with van der Waals surface area (Å²) in [6.45, 7) is 6.56. The van der Waals surface area contributed by atoms with E-state index in [4.69, 9.17) is 23.2 Å². The van der Waals surface area contributed by atoms with Crippen molar-refractivity contribution in [2.75, 3.05) is 31.1 Å². The highest BCUT2D eigenvalue weighted by molar-refractivity contribution is 7.99. The number of nitrogens with zero attached hydrogens (tertiary/aromatic N) is 2. The zero-order valence-corrected chi connectivity index (χ0v) is 21.0. The molecule has 2 aromatic rings. The number of hydrogen-bond donors (Lipinski definition) is 1. The highest BCUT2D eigenvalue weighted by Crippen LogP contribution is 2.41. The maximum Gasteiger partial charge on any atom is 0.308 e. The SMILES string of the molecule is C=C(C(=O)N1CC=CCC1)c1ccc(Sc2cccc(N3CCCC(C(=O)O)C3)c2)c(Cl)c1Cl. The minimum Gasteiger partial charge on any atom is -0.481 e. The van der Waals surface area contributed by atoms with E-state index in [-0.39, 0.29) is 11.8 Å². The Morgan fingerprint density at radius 2 is 1.91 bits per heavy atom. The van der Waals surface area contributed by atoms with Crippen LogP contribution in [-0.2, 0) is 9.59 Å². The summed E-state index contributed by atoms with van der Waals surface area (Å²) in [6, 6.07) is 11.6. The zero-order chi connectivity index (χ0) is 24.2. The summed E-state index contributed by atoms with van der Waals surface area (Å²) in [5.41, 5.74) is 1.86. The predicted octanol–water partition coefficient (Wildman–Crippen LogP) is 6.25. The van der Waals surface area contributed by atoms with E-state index in [1.54, 1.807) is 11.0 Å². The van der Waals surface area contributed by atoms with E-state index >= 15 is 0 Å². The van der Waals surface area contributed by atoms with Gasteiger partial charge in [-0.25, -0.2) is 0 Å². The van der Waals surface area contributed by atoms with Gasteiger partial charge in [0.15, 0.2) is 0 Å². The molecule has 0 saturated carbocycles. The van der Waals surface area contributed by atoms with Gasteiger partial charge in [-0.3, -0.25) is 9.59 Å². The summed E-state index contributed by atoms with van der Waals surface area (Å²) in [4.78, 5) is 29.9. The molecule has 2 heterocycles. The fourth-order valence-corrected chi connectivity index (χ4v) is 5.78. The molecule has 2 aliphatic rings. The number of carbonyl (C=O) groups excluding carboxylic acids is 1. The minimum absolute atomic E-state index is 0.142. The predicted molar refractivity (Wildman–Crippen MR) is 139 cm³/mol. The van der Waals surface area contributed by atoms with E-state index in [2.05, 4.69) is 17.6 Å². The number of hydrogen-bond acceptors (Lipinski definition) is 4. The molecule has 8 heteroatoms. The van der Waals surface area contributed by atoms with Gasteiger partial charge < -0.3 is 14.9 Å². The Bertz CT molecular complexity index is 1150. The number of carbonyl (C=O) groups is 2. The fourth-order valence-electron chi connectivity index (χ4n) is 4.26. The van der Waals surface area contributed by atoms with Crippen LogP contribution in [0.25, 0.3) is 5.57 Å². The number of halogens is 2. The van der Waals surface area contributed by atoms with Crippen molar-refractivity contribution in [3.05, 3.63) is 70.7 Å². The highest BCUT2D eigenvalue weighted by Gasteiger charge is 2.26. The van der Waals surface area contributed by atoms with Crippen LogP contribution in [0.1, 0.15) is 24.8 Å². The number of piperidine rings is 1. The quantitative estimate of drug-likeness (QED) is 0.363. The molecule has 0 radical (unpaired) electrons. The van der Waals surface area contributed by atoms with Crippen LogP contribution in [0, 0.1) is 5.92 Å². The van der Waals surface area contributed by atoms with Crippen LogP contribution in [0.15, 0.2) is 64.9 Å². The van der Waals surface area contributed by atoms with Crippen molar-refractivity contribution in [1.29, 1.82) is 0 Å². The first-order valence-electron chi connectivity index (χ1n) is 11.2. The topological polar surface area (TPSA) is 60.9 Å². The lowest BCUT2D eigenvalue weighted by atomic mass is 9.98. The maximum atomic E-state index is 12.8. The fraction of sp³-hybridized carbons (Fsp3) is 0.308. The molecule has 4 rings (SSSR count). The van der Waals surface area contributed by atoms with E-state index in [9.17, 15) is 14.7 Å². The Balaban J connectivity index is 1.50. The third-order valence-electron chi connectivity index (χ3n) is 6.16. The highest BCUT2D eigenvalue weighted by atomic mass is 35.5. The average molecular weight is 517 g/mol. The second-order valence-corrected chi connectivity index (χ2v) is 10.3. The van der Waals surface area contributed by atoms with E-state index in [1.165, 1.54) is 11.8 Å². The summed E-state index contributed by atoms with van der Waals surface area (Å²) in [7, 11) is 0. The van der Waals surface area contributed by atoms with Gasteiger partial charge in [-0.1, -0.05) is 65.8 Å². The molecule has 1 N–H and O–H groups in total. The van der Waals surface area contributed by atoms with Crippen molar-refractivity contribution < 1.29 is 14.7 Å². The molecule has 1 amide bonds. The van der Waals surface area contributed by atoms with Crippen LogP contribution in [-0.4, -0.2) is 48.1 Å². The van der Waals surface area contributed by atoms with Gasteiger partial charge in [-0.15, -0.1) is 0 Å². The molecule has 1 fully saturated rings. The van der Waals surface area contributed by atoms with Crippen molar-refractivity contribution in [3.8, 4) is 0 Å². The van der Waals surface area contributed by atoms with Gasteiger partial charge in [-0.2, -0.15) is 0 Å². The second-order valence-electron chi connectivity index (χ2n) is 8.45. The molecule has 0 aliphatic carbocycles. The van der Waals surface area contributed by atoms with Crippen LogP contribution in [0.3, 0.4) is 0 Å². The summed E-state index contributed by atoms with van der Waals surface area (Å²) < 4.78 is 0. The Morgan fingerprint density at radius 3 is 2.65 bits per heavy atom. The molecule has 34 heavy (non-hydrogen) atoms. The number of anilines is 1. The normalized spacial score (nSPS) is 18.1. The molecule has 0 bridgehead atoms. The molecule has 1 atom stereocenters. The van der Waals surface area contributed by atoms with Crippen molar-refractivity contribution in [2.24, 2.45) is 5.92 Å². The number of aliphatic carboxylic acids is 1. The standard InChI is InChI=1S/C26H26Cl2N2O3S/c1-17(25(31)29-12-3-2-4-13-29)21-10-11-22(24(28)23(21)27)34-20-9-5-8-19(15-20)30-14-6-7-18(16-30)26(32)33/h2-3,5,8-11,15,18H,1,4,6-7,12-14,16H2,(H,32,33). The third-order valence-corrected chi connectivity index (χ3v) is 8.20. The number of amides is 1. The van der Waals surface area contributed by atoms with Gasteiger partial charge in [0.2, 0.25) is 0 Å². The first kappa shape index (κ1) is 24.7. The van der Waals surface area contributed by atoms with Gasteiger partial charge >= 0.3 is 5.97 Å². The summed E-state index contributed by atoms with van der Waals surface area (Å²) in [6.07, 6.45) is 6.43. The number of rotatable bonds is 6. The van der Waals surface area contributed by atoms with Crippen LogP contribution in [0.2, 0.25) is 10.0 Å². The second kappa shape index (κ2) is 10.9. The molecule has 2 aromatic carbocycles. The lowest BCUT2D eigenvalue weighted by Gasteiger charge is -2.32. The summed E-state index contributed by atoms with van der Waals surface area (Å²) in [5, 5.41) is 10.1. The lowest BCUT2D eigenvalue weighted by Crippen LogP contribution is -2.38. The van der Waals surface area contributed by atoms with Crippen LogP contribution < -0.4 is 4.90 Å². The molecule has 2 aliphatic heterocycles. The van der Waals surface area contributed by atoms with Crippen molar-refractivity contribution >= 4 is 58.1 Å². The average Bonchev–Trinajstić information content (AvgIpc) is 2.87. The largest absolute Gasteiger partial charge is 0.481 e. The van der Waals surface area contributed by atoms with E-state index in [0.717, 1.165) is 34.9 Å². The Hall–Kier alpha value is -2.41. The summed E-state index contributed by atoms with van der Waals surface area (Å²) in [5.74, 6) is -1.23. The lowest BCUT2D eigenvalue weighted by molar-refractivity contribution is -0.142. The van der Waals surface area contributed by atoms with Crippen molar-refractivity contribution in [3.63, 3.8) is 0 Å². The molecule has 0 spiro atoms. The van der Waals surface area contributed by atoms with Gasteiger partial charge in [0, 0.05) is 52.8 Å². The number of carboxylic acid groups (broad SMARTS) is 1. The monoisotopic (exact) mass is 516 g/mol. The van der Waals surface area contributed by atoms with Crippen molar-refractivity contribution in [2.45, 2.75) is 29.1 Å². The number of benzene rings is 2. The van der Waals surface area contributed by atoms with Gasteiger partial charge in [0.05, 0.1) is 16.0 Å². The van der Waals surface area contributed by atoms with Crippen molar-refractivity contribution in [1.82, 2.24) is 4.90 Å². The third kappa shape index (κ3) is 5.45. The minimum atomic E-state index is -0.742. The molecule has 178 valence electrons. The van der Waals surface area contributed by atoms with E-state index < -0.39 is 5.97 Å². The molecular formula is C26H26Cl2N2O3S. The first-order chi connectivity index (χ1) is 16.3. The smallest absolute Gasteiger partial charge is 0.308 e. The summed E-state index contributed by atoms with van der Waals surface area (Å²) >= 11 is 14.7. The number of carboxylic acids is 1. The molecule has 1 saturated heterocycles. The van der Waals surface area contributed by atoms with Gasteiger partial charge in [-0.05, 0) is 43.5 Å². The van der Waals surface area contributed by atoms with Crippen LogP contribution in [0.4, 0.5) is 5.69 Å². The Morgan fingerprint density at radius 1 is 1.09 bits per heavy atom. The van der Waals surface area contributed by atoms with Crippen LogP contribution >= 0.6 is 35.0 Å². The van der Waals surface area contributed by atoms with E-state index in [0.29, 0.717) is 47.2 Å². The van der Waals surface area contributed by atoms with Crippen LogP contribution in [0.5, 0.6) is 0 Å². The Labute approximate surface area is 214 Å².